The molecule has 6 aliphatic rings. The highest BCUT2D eigenvalue weighted by Crippen LogP contribution is 2.43. The molecule has 5 fully saturated rings. The van der Waals surface area contributed by atoms with Crippen molar-refractivity contribution in [3.8, 4) is 0 Å². The molecule has 30 heteroatoms. The fourth-order valence-electron chi connectivity index (χ4n) is 16.0. The molecule has 12 amide bonds. The summed E-state index contributed by atoms with van der Waals surface area (Å²) in [5.74, 6) is -13.4. The van der Waals surface area contributed by atoms with Crippen LogP contribution in [0.4, 0.5) is 22.0 Å². The largest absolute Gasteiger partial charge is 0.422 e. The lowest BCUT2D eigenvalue weighted by molar-refractivity contribution is -0.166. The maximum Gasteiger partial charge on any atom is 0.422 e. The molecule has 1 spiro atoms. The smallest absolute Gasteiger partial charge is 0.377 e. The van der Waals surface area contributed by atoms with Crippen molar-refractivity contribution in [2.45, 2.75) is 223 Å². The fraction of sp³-hybridized carbons (Fsp3) is 0.662. The molecule has 2 aromatic carbocycles. The number of nitrogens with one attached hydrogen (secondary N) is 2. The Kier molecular flexibility index (Phi) is 28.7. The van der Waals surface area contributed by atoms with E-state index in [9.17, 15) is 37.1 Å². The molecule has 8 rings (SSSR count). The van der Waals surface area contributed by atoms with Crippen molar-refractivity contribution in [1.82, 2.24) is 59.6 Å². The molecule has 10 atom stereocenters. The van der Waals surface area contributed by atoms with E-state index in [1.807, 2.05) is 32.9 Å². The van der Waals surface area contributed by atoms with Gasteiger partial charge in [-0.15, -0.1) is 0 Å². The summed E-state index contributed by atoms with van der Waals surface area (Å²) < 4.78 is 78.2. The average Bonchev–Trinajstić information content (AvgIpc) is 1.68. The highest BCUT2D eigenvalue weighted by molar-refractivity contribution is 6.01. The number of rotatable bonds is 13. The minimum atomic E-state index is -5.41. The Hall–Kier alpha value is -8.57. The number of amides is 12. The Morgan fingerprint density at radius 3 is 1.88 bits per heavy atom. The van der Waals surface area contributed by atoms with Gasteiger partial charge in [0.25, 0.3) is 0 Å². The van der Waals surface area contributed by atoms with Gasteiger partial charge in [0.1, 0.15) is 71.1 Å². The predicted octanol–water partition coefficient (Wildman–Crippen LogP) is 5.66. The van der Waals surface area contributed by atoms with Crippen LogP contribution in [0.5, 0.6) is 0 Å². The Balaban J connectivity index is 1.23. The molecule has 0 aromatic heterocycles. The zero-order chi connectivity index (χ0) is 78.7. The number of benzene rings is 2. The second-order valence-electron chi connectivity index (χ2n) is 30.1. The SMILES string of the molecule is CCC[C@H]1C(=O)N[C@@H]([C@@H](C)CC)C(=O)N(C)CC(=O)N(C)[C@H]2C/C=C\CCN(C2=O)[C@@H](Cc2ccc(C)cc2)C(=O)N(C)CC(=O)N[C@@H](CCc2cc(F)c(C(F)(F)F)c(F)c2)C(=O)N2C[C@H](OCC)C[C@H]2C(=O)N(C)C2(CCC2)C(=O)N(C)[C@@H](C2CCCC2)C(=O)N(C)[C@H](C(=O)N2CCCC2)CC(=O)N1C. The molecule has 2 bridgehead atoms. The second-order valence-corrected chi connectivity index (χ2v) is 30.1. The van der Waals surface area contributed by atoms with E-state index in [0.29, 0.717) is 88.6 Å². The van der Waals surface area contributed by atoms with Gasteiger partial charge in [-0.05, 0) is 126 Å². The first-order chi connectivity index (χ1) is 50.6. The molecule has 107 heavy (non-hydrogen) atoms. The Bertz CT molecular complexity index is 3600. The first-order valence-electron chi connectivity index (χ1n) is 37.8. The topological polar surface area (TPSA) is 271 Å². The van der Waals surface area contributed by atoms with Crippen LogP contribution in [0.2, 0.25) is 0 Å². The number of nitrogens with zero attached hydrogens (tertiary/aromatic N) is 10. The summed E-state index contributed by atoms with van der Waals surface area (Å²) in [6.07, 6.45) is 0.897. The summed E-state index contributed by atoms with van der Waals surface area (Å²) in [5, 5.41) is 5.55. The van der Waals surface area contributed by atoms with Gasteiger partial charge in [-0.25, -0.2) is 8.78 Å². The normalized spacial score (nSPS) is 26.9. The van der Waals surface area contributed by atoms with Crippen LogP contribution in [0.1, 0.15) is 159 Å². The van der Waals surface area contributed by atoms with Crippen molar-refractivity contribution in [1.29, 1.82) is 0 Å². The standard InChI is InChI=1S/C77H109F5N12O13/c1-13-24-56-67(98)84-65(48(5)14-2)73(104)86(7)46-63(97)88(9)57-27-17-16-20-38-93(72(57)103)59(41-49-30-28-47(4)29-31-49)69(100)85(6)45-61(95)83-55(33-32-50-39-53(78)64(54(79)40-50)77(80,81)82)68(99)94-44-52(107-15-3)42-60(94)70(101)91(12)76(34-23-35-76)75(106)90(11)66(51-25-18-19-26-51)74(105)89(10)58(43-62(96)87(56)8)71(102)92-36-21-22-37-92/h16-17,28-31,39-40,48,51-52,55-60,65-66H,13-15,18-27,32-38,41-46H2,1-12H3,(H,83,95)(H,84,98)/b17-16-/t48-,52+,55-,56-,57-,58-,59-,60-,65-,66-/m0/s1. The maximum atomic E-state index is 15.8. The van der Waals surface area contributed by atoms with Crippen LogP contribution in [0.25, 0.3) is 0 Å². The molecule has 4 heterocycles. The van der Waals surface area contributed by atoms with Crippen molar-refractivity contribution >= 4 is 70.9 Å². The van der Waals surface area contributed by atoms with Crippen molar-refractivity contribution in [2.75, 3.05) is 95.2 Å². The van der Waals surface area contributed by atoms with Crippen LogP contribution in [-0.2, 0) is 81.3 Å². The number of likely N-dealkylation sites (tertiary alicyclic amines) is 1. The molecule has 2 aliphatic carbocycles. The quantitative estimate of drug-likeness (QED) is 0.181. The summed E-state index contributed by atoms with van der Waals surface area (Å²) >= 11 is 0. The summed E-state index contributed by atoms with van der Waals surface area (Å²) in [5.41, 5.74) is -2.60. The van der Waals surface area contributed by atoms with E-state index in [1.165, 1.54) is 78.7 Å². The molecule has 2 N–H and O–H groups in total. The molecule has 590 valence electrons. The number of halogens is 5. The minimum Gasteiger partial charge on any atom is -0.377 e. The molecule has 0 unspecified atom stereocenters. The van der Waals surface area contributed by atoms with Gasteiger partial charge in [0, 0.05) is 95.0 Å². The lowest BCUT2D eigenvalue weighted by Crippen LogP contribution is -2.68. The van der Waals surface area contributed by atoms with Gasteiger partial charge < -0.3 is 64.4 Å². The first-order valence-corrected chi connectivity index (χ1v) is 37.8. The lowest BCUT2D eigenvalue weighted by Gasteiger charge is -2.51. The molecular weight excluding hydrogens is 1400 g/mol. The van der Waals surface area contributed by atoms with E-state index in [1.54, 1.807) is 43.0 Å². The van der Waals surface area contributed by atoms with E-state index in [-0.39, 0.29) is 70.2 Å². The van der Waals surface area contributed by atoms with Crippen LogP contribution < -0.4 is 10.6 Å². The van der Waals surface area contributed by atoms with Gasteiger partial charge >= 0.3 is 6.18 Å². The van der Waals surface area contributed by atoms with Crippen molar-refractivity contribution in [2.24, 2.45) is 11.8 Å². The lowest BCUT2D eigenvalue weighted by atomic mass is 9.73. The van der Waals surface area contributed by atoms with E-state index >= 15 is 42.3 Å². The molecule has 25 nitrogen and oxygen atoms in total. The third kappa shape index (κ3) is 19.3. The van der Waals surface area contributed by atoms with Gasteiger partial charge in [0.2, 0.25) is 70.9 Å². The van der Waals surface area contributed by atoms with Crippen molar-refractivity contribution in [3.05, 3.63) is 82.4 Å². The highest BCUT2D eigenvalue weighted by atomic mass is 19.4. The number of ether oxygens (including phenoxy) is 1. The average molecular weight is 1510 g/mol. The van der Waals surface area contributed by atoms with E-state index in [0.717, 1.165) is 20.3 Å². The Labute approximate surface area is 624 Å². The van der Waals surface area contributed by atoms with Crippen LogP contribution in [0, 0.1) is 30.4 Å². The zero-order valence-electron chi connectivity index (χ0n) is 64.0. The number of hydrogen-bond donors (Lipinski definition) is 2. The number of carbonyl (C=O) groups excluding carboxylic acids is 12. The summed E-state index contributed by atoms with van der Waals surface area (Å²) in [4.78, 5) is 195. The second kappa shape index (κ2) is 36.6. The Morgan fingerprint density at radius 2 is 1.29 bits per heavy atom. The van der Waals surface area contributed by atoms with E-state index in [2.05, 4.69) is 10.6 Å². The summed E-state index contributed by atoms with van der Waals surface area (Å²) in [7, 11) is 9.77. The van der Waals surface area contributed by atoms with Crippen LogP contribution in [0.15, 0.2) is 48.6 Å². The number of aryl methyl sites for hydroxylation is 2. The number of likely N-dealkylation sites (N-methyl/N-ethyl adjacent to an activating group) is 7. The molecule has 3 saturated heterocycles. The van der Waals surface area contributed by atoms with Crippen LogP contribution in [0.3, 0.4) is 0 Å². The highest BCUT2D eigenvalue weighted by Gasteiger charge is 2.57. The van der Waals surface area contributed by atoms with Crippen LogP contribution in [-0.4, -0.2) is 275 Å². The van der Waals surface area contributed by atoms with Gasteiger partial charge in [-0.2, -0.15) is 13.2 Å². The summed E-state index contributed by atoms with van der Waals surface area (Å²) in [6, 6.07) is -2.79. The molecule has 0 radical (unpaired) electrons. The number of carbonyl (C=O) groups is 12. The number of hydrogen-bond acceptors (Lipinski definition) is 13. The molecule has 2 aromatic rings. The predicted molar refractivity (Wildman–Crippen MR) is 385 cm³/mol. The third-order valence-electron chi connectivity index (χ3n) is 23.0. The van der Waals surface area contributed by atoms with Gasteiger partial charge in [0.15, 0.2) is 0 Å². The fourth-order valence-corrected chi connectivity index (χ4v) is 16.0. The molecular formula is C77H109F5N12O13. The Morgan fingerprint density at radius 1 is 0.654 bits per heavy atom. The summed E-state index contributed by atoms with van der Waals surface area (Å²) in [6.45, 7) is 8.01. The van der Waals surface area contributed by atoms with Gasteiger partial charge in [-0.3, -0.25) is 57.5 Å². The van der Waals surface area contributed by atoms with Crippen molar-refractivity contribution in [3.63, 3.8) is 0 Å². The first kappa shape index (κ1) is 84.1. The van der Waals surface area contributed by atoms with Crippen molar-refractivity contribution < 1.29 is 84.2 Å². The van der Waals surface area contributed by atoms with Gasteiger partial charge in [-0.1, -0.05) is 88.4 Å². The van der Waals surface area contributed by atoms with Gasteiger partial charge in [0.05, 0.1) is 25.6 Å². The number of alkyl halides is 3. The van der Waals surface area contributed by atoms with E-state index < -0.39 is 198 Å². The zero-order valence-corrected chi connectivity index (χ0v) is 64.0. The van der Waals surface area contributed by atoms with Crippen LogP contribution >= 0.6 is 0 Å². The maximum absolute atomic E-state index is 15.8. The van der Waals surface area contributed by atoms with E-state index in [4.69, 9.17) is 4.74 Å². The molecule has 4 aliphatic heterocycles. The monoisotopic (exact) mass is 1500 g/mol. The number of fused-ring (bicyclic) bond motifs is 3. The minimum absolute atomic E-state index is 0.0289. The molecule has 2 saturated carbocycles. The third-order valence-corrected chi connectivity index (χ3v) is 23.0.